The van der Waals surface area contributed by atoms with Crippen LogP contribution in [0.5, 0.6) is 0 Å². The summed E-state index contributed by atoms with van der Waals surface area (Å²) in [7, 11) is 0. The first-order valence-corrected chi connectivity index (χ1v) is 7.65. The molecule has 3 heteroatoms. The van der Waals surface area contributed by atoms with Gasteiger partial charge in [0.15, 0.2) is 0 Å². The number of hydrogen-bond donors (Lipinski definition) is 2. The average molecular weight is 277 g/mol. The van der Waals surface area contributed by atoms with Crippen molar-refractivity contribution in [2.24, 2.45) is 0 Å². The summed E-state index contributed by atoms with van der Waals surface area (Å²) in [6, 6.07) is 10.1. The molecule has 2 nitrogen and oxygen atoms in total. The van der Waals surface area contributed by atoms with Crippen molar-refractivity contribution in [1.82, 2.24) is 5.32 Å². The van der Waals surface area contributed by atoms with Crippen LogP contribution < -0.4 is 5.32 Å². The number of thiol groups is 1. The first-order chi connectivity index (χ1) is 9.09. The SMILES string of the molecule is CC1(NC(=O)C(S)Cc2ccccc2)CCCCC1. The monoisotopic (exact) mass is 277 g/mol. The summed E-state index contributed by atoms with van der Waals surface area (Å²) in [4.78, 5) is 12.2. The molecular weight excluding hydrogens is 254 g/mol. The summed E-state index contributed by atoms with van der Waals surface area (Å²) in [5.41, 5.74) is 1.14. The minimum atomic E-state index is -0.263. The van der Waals surface area contributed by atoms with Gasteiger partial charge in [0.25, 0.3) is 0 Å². The molecule has 0 saturated heterocycles. The zero-order chi connectivity index (χ0) is 13.7. The Labute approximate surface area is 121 Å². The van der Waals surface area contributed by atoms with E-state index in [1.54, 1.807) is 0 Å². The van der Waals surface area contributed by atoms with Gasteiger partial charge in [-0.05, 0) is 31.7 Å². The van der Waals surface area contributed by atoms with Gasteiger partial charge in [0.05, 0.1) is 5.25 Å². The molecule has 1 saturated carbocycles. The Hall–Kier alpha value is -0.960. The van der Waals surface area contributed by atoms with Crippen LogP contribution in [0.2, 0.25) is 0 Å². The maximum Gasteiger partial charge on any atom is 0.233 e. The third-order valence-corrected chi connectivity index (χ3v) is 4.37. The van der Waals surface area contributed by atoms with E-state index in [-0.39, 0.29) is 16.7 Å². The van der Waals surface area contributed by atoms with Crippen molar-refractivity contribution in [2.45, 2.75) is 56.2 Å². The predicted octanol–water partition coefficient (Wildman–Crippen LogP) is 3.37. The molecule has 19 heavy (non-hydrogen) atoms. The highest BCUT2D eigenvalue weighted by Gasteiger charge is 2.30. The lowest BCUT2D eigenvalue weighted by molar-refractivity contribution is -0.122. The fourth-order valence-corrected chi connectivity index (χ4v) is 3.04. The first kappa shape index (κ1) is 14.4. The number of benzene rings is 1. The fourth-order valence-electron chi connectivity index (χ4n) is 2.77. The van der Waals surface area contributed by atoms with E-state index in [0.29, 0.717) is 6.42 Å². The van der Waals surface area contributed by atoms with Gasteiger partial charge in [-0.1, -0.05) is 49.6 Å². The molecule has 0 radical (unpaired) electrons. The van der Waals surface area contributed by atoms with Gasteiger partial charge in [0.1, 0.15) is 0 Å². The number of nitrogens with one attached hydrogen (secondary N) is 1. The van der Waals surface area contributed by atoms with Gasteiger partial charge in [-0.3, -0.25) is 4.79 Å². The molecule has 0 aliphatic heterocycles. The van der Waals surface area contributed by atoms with Crippen LogP contribution in [-0.2, 0) is 11.2 Å². The van der Waals surface area contributed by atoms with E-state index in [2.05, 4.69) is 24.9 Å². The fraction of sp³-hybridized carbons (Fsp3) is 0.562. The molecule has 1 aliphatic rings. The lowest BCUT2D eigenvalue weighted by atomic mass is 9.83. The van der Waals surface area contributed by atoms with Crippen LogP contribution >= 0.6 is 12.6 Å². The van der Waals surface area contributed by atoms with Gasteiger partial charge >= 0.3 is 0 Å². The zero-order valence-electron chi connectivity index (χ0n) is 11.6. The Kier molecular flexibility index (Phi) is 4.92. The molecule has 1 N–H and O–H groups in total. The quantitative estimate of drug-likeness (QED) is 0.812. The minimum absolute atomic E-state index is 0.0208. The van der Waals surface area contributed by atoms with Gasteiger partial charge in [-0.15, -0.1) is 0 Å². The molecule has 1 aromatic rings. The molecule has 1 aliphatic carbocycles. The van der Waals surface area contributed by atoms with Crippen molar-refractivity contribution in [2.75, 3.05) is 0 Å². The van der Waals surface area contributed by atoms with E-state index in [0.717, 1.165) is 18.4 Å². The zero-order valence-corrected chi connectivity index (χ0v) is 12.5. The van der Waals surface area contributed by atoms with Crippen LogP contribution in [0.25, 0.3) is 0 Å². The van der Waals surface area contributed by atoms with Crippen molar-refractivity contribution in [1.29, 1.82) is 0 Å². The summed E-state index contributed by atoms with van der Waals surface area (Å²) >= 11 is 4.46. The van der Waals surface area contributed by atoms with Crippen LogP contribution in [0.1, 0.15) is 44.6 Å². The van der Waals surface area contributed by atoms with E-state index >= 15 is 0 Å². The maximum atomic E-state index is 12.2. The van der Waals surface area contributed by atoms with Crippen LogP contribution in [0, 0.1) is 0 Å². The average Bonchev–Trinajstić information content (AvgIpc) is 2.40. The molecule has 1 unspecified atom stereocenters. The van der Waals surface area contributed by atoms with E-state index < -0.39 is 0 Å². The Morgan fingerprint density at radius 1 is 1.26 bits per heavy atom. The number of rotatable bonds is 4. The van der Waals surface area contributed by atoms with E-state index in [1.807, 2.05) is 30.3 Å². The largest absolute Gasteiger partial charge is 0.350 e. The molecule has 0 aromatic heterocycles. The summed E-state index contributed by atoms with van der Waals surface area (Å²) < 4.78 is 0. The molecule has 0 heterocycles. The minimum Gasteiger partial charge on any atom is -0.350 e. The molecule has 2 rings (SSSR count). The van der Waals surface area contributed by atoms with E-state index in [9.17, 15) is 4.79 Å². The summed E-state index contributed by atoms with van der Waals surface area (Å²) in [5.74, 6) is 0.0663. The smallest absolute Gasteiger partial charge is 0.233 e. The maximum absolute atomic E-state index is 12.2. The number of amides is 1. The summed E-state index contributed by atoms with van der Waals surface area (Å²) in [6.45, 7) is 2.16. The molecular formula is C16H23NOS. The Morgan fingerprint density at radius 3 is 2.53 bits per heavy atom. The molecule has 1 amide bonds. The van der Waals surface area contributed by atoms with Crippen LogP contribution in [-0.4, -0.2) is 16.7 Å². The second-order valence-electron chi connectivity index (χ2n) is 5.82. The highest BCUT2D eigenvalue weighted by atomic mass is 32.1. The molecule has 1 aromatic carbocycles. The van der Waals surface area contributed by atoms with Gasteiger partial charge in [-0.2, -0.15) is 12.6 Å². The van der Waals surface area contributed by atoms with Crippen molar-refractivity contribution in [3.8, 4) is 0 Å². The van der Waals surface area contributed by atoms with Gasteiger partial charge in [0.2, 0.25) is 5.91 Å². The van der Waals surface area contributed by atoms with Crippen molar-refractivity contribution >= 4 is 18.5 Å². The standard InChI is InChI=1S/C16H23NOS/c1-16(10-6-3-7-11-16)17-15(18)14(19)12-13-8-4-2-5-9-13/h2,4-5,8-9,14,19H,3,6-7,10-12H2,1H3,(H,17,18). The lowest BCUT2D eigenvalue weighted by Crippen LogP contribution is -2.50. The van der Waals surface area contributed by atoms with E-state index in [4.69, 9.17) is 0 Å². The summed E-state index contributed by atoms with van der Waals surface area (Å²) in [6.07, 6.45) is 6.58. The van der Waals surface area contributed by atoms with Gasteiger partial charge in [-0.25, -0.2) is 0 Å². The third kappa shape index (κ3) is 4.27. The first-order valence-electron chi connectivity index (χ1n) is 7.13. The second-order valence-corrected chi connectivity index (χ2v) is 6.44. The number of carbonyl (C=O) groups excluding carboxylic acids is 1. The Bertz CT molecular complexity index is 412. The number of carbonyl (C=O) groups is 1. The van der Waals surface area contributed by atoms with Crippen LogP contribution in [0.3, 0.4) is 0 Å². The molecule has 104 valence electrons. The van der Waals surface area contributed by atoms with Crippen LogP contribution in [0.4, 0.5) is 0 Å². The number of hydrogen-bond acceptors (Lipinski definition) is 2. The molecule has 0 spiro atoms. The molecule has 1 fully saturated rings. The summed E-state index contributed by atoms with van der Waals surface area (Å²) in [5, 5.41) is 2.94. The Balaban J connectivity index is 1.88. The highest BCUT2D eigenvalue weighted by molar-refractivity contribution is 7.81. The van der Waals surface area contributed by atoms with Crippen molar-refractivity contribution in [3.63, 3.8) is 0 Å². The lowest BCUT2D eigenvalue weighted by Gasteiger charge is -2.35. The van der Waals surface area contributed by atoms with Crippen LogP contribution in [0.15, 0.2) is 30.3 Å². The van der Waals surface area contributed by atoms with Gasteiger partial charge in [0, 0.05) is 5.54 Å². The highest BCUT2D eigenvalue weighted by Crippen LogP contribution is 2.27. The molecule has 1 atom stereocenters. The van der Waals surface area contributed by atoms with Crippen molar-refractivity contribution < 1.29 is 4.79 Å². The predicted molar refractivity (Wildman–Crippen MR) is 82.6 cm³/mol. The van der Waals surface area contributed by atoms with Crippen molar-refractivity contribution in [3.05, 3.63) is 35.9 Å². The second kappa shape index (κ2) is 6.47. The Morgan fingerprint density at radius 2 is 1.89 bits per heavy atom. The molecule has 0 bridgehead atoms. The normalized spacial score (nSPS) is 19.7. The topological polar surface area (TPSA) is 29.1 Å². The third-order valence-electron chi connectivity index (χ3n) is 3.96. The van der Waals surface area contributed by atoms with E-state index in [1.165, 1.54) is 19.3 Å². The van der Waals surface area contributed by atoms with Gasteiger partial charge < -0.3 is 5.32 Å².